The van der Waals surface area contributed by atoms with Crippen molar-refractivity contribution in [3.63, 3.8) is 0 Å². The molecule has 2 amide bonds. The molecule has 0 atom stereocenters. The van der Waals surface area contributed by atoms with E-state index in [0.717, 1.165) is 0 Å². The first kappa shape index (κ1) is 10.8. The maximum atomic E-state index is 10.8. The first-order chi connectivity index (χ1) is 5.76. The summed E-state index contributed by atoms with van der Waals surface area (Å²) >= 11 is 0. The van der Waals surface area contributed by atoms with Crippen LogP contribution in [-0.4, -0.2) is 47.6 Å². The molecule has 0 aromatic heterocycles. The molecule has 70 valence electrons. The van der Waals surface area contributed by atoms with Crippen LogP contribution in [0.15, 0.2) is 5.29 Å². The molecular weight excluding hydrogens is 166 g/mol. The number of rotatable bonds is 5. The number of aliphatic hydroxyl groups excluding tert-OH is 2. The Hall–Kier alpha value is -1.21. The summed E-state index contributed by atoms with van der Waals surface area (Å²) in [6.45, 7) is -0.646. The molecule has 0 aliphatic rings. The third-order valence-corrected chi connectivity index (χ3v) is 1.03. The van der Waals surface area contributed by atoms with Gasteiger partial charge in [0.1, 0.15) is 0 Å². The van der Waals surface area contributed by atoms with Crippen LogP contribution < -0.4 is 5.32 Å². The number of urea groups is 1. The number of aliphatic hydroxyl groups is 2. The second-order valence-electron chi connectivity index (χ2n) is 1.88. The van der Waals surface area contributed by atoms with E-state index < -0.39 is 6.03 Å². The topological polar surface area (TPSA) is 102 Å². The summed E-state index contributed by atoms with van der Waals surface area (Å²) in [4.78, 5) is 20.8. The fourth-order valence-corrected chi connectivity index (χ4v) is 0.528. The molecular formula is C5H11N3O4. The van der Waals surface area contributed by atoms with Gasteiger partial charge < -0.3 is 15.5 Å². The molecule has 0 aromatic carbocycles. The Bertz CT molecular complexity index is 152. The Morgan fingerprint density at radius 1 is 1.42 bits per heavy atom. The van der Waals surface area contributed by atoms with E-state index >= 15 is 0 Å². The van der Waals surface area contributed by atoms with Gasteiger partial charge in [0.25, 0.3) is 0 Å². The van der Waals surface area contributed by atoms with E-state index in [4.69, 9.17) is 10.2 Å². The van der Waals surface area contributed by atoms with Crippen LogP contribution in [0.5, 0.6) is 0 Å². The number of nitrogens with zero attached hydrogens (tertiary/aromatic N) is 2. The molecule has 0 bridgehead atoms. The highest BCUT2D eigenvalue weighted by Gasteiger charge is 2.11. The van der Waals surface area contributed by atoms with Gasteiger partial charge in [-0.1, -0.05) is 0 Å². The van der Waals surface area contributed by atoms with E-state index in [2.05, 4.69) is 10.6 Å². The molecule has 0 unspecified atom stereocenters. The molecule has 0 radical (unpaired) electrons. The van der Waals surface area contributed by atoms with E-state index in [-0.39, 0.29) is 26.3 Å². The van der Waals surface area contributed by atoms with Gasteiger partial charge in [0.15, 0.2) is 0 Å². The monoisotopic (exact) mass is 177 g/mol. The van der Waals surface area contributed by atoms with E-state index in [1.807, 2.05) is 0 Å². The van der Waals surface area contributed by atoms with Crippen LogP contribution in [0.3, 0.4) is 0 Å². The lowest BCUT2D eigenvalue weighted by atomic mass is 10.6. The third kappa shape index (κ3) is 3.84. The Kier molecular flexibility index (Phi) is 5.84. The molecule has 0 rings (SSSR count). The summed E-state index contributed by atoms with van der Waals surface area (Å²) in [5, 5.41) is 21.8. The van der Waals surface area contributed by atoms with Crippen LogP contribution in [0.25, 0.3) is 0 Å². The summed E-state index contributed by atoms with van der Waals surface area (Å²) in [6, 6.07) is -0.729. The van der Waals surface area contributed by atoms with E-state index in [1.54, 1.807) is 0 Å². The predicted molar refractivity (Wildman–Crippen MR) is 40.1 cm³/mol. The summed E-state index contributed by atoms with van der Waals surface area (Å²) in [6.07, 6.45) is 0. The highest BCUT2D eigenvalue weighted by atomic mass is 16.3. The summed E-state index contributed by atoms with van der Waals surface area (Å²) in [5.74, 6) is 0. The van der Waals surface area contributed by atoms with Crippen LogP contribution in [0.2, 0.25) is 0 Å². The van der Waals surface area contributed by atoms with Gasteiger partial charge in [-0.3, -0.25) is 0 Å². The number of hydrogen-bond acceptors (Lipinski definition) is 5. The van der Waals surface area contributed by atoms with Gasteiger partial charge in [-0.15, -0.1) is 4.91 Å². The standard InChI is InChI=1S/C5H11N3O4/c9-3-1-6-5(11)8(7-12)2-4-10/h9-10H,1-4H2,(H,6,11). The van der Waals surface area contributed by atoms with Crippen molar-refractivity contribution in [2.24, 2.45) is 5.29 Å². The fraction of sp³-hybridized carbons (Fsp3) is 0.800. The molecule has 0 aliphatic heterocycles. The zero-order valence-electron chi connectivity index (χ0n) is 6.43. The number of amides is 2. The molecule has 0 spiro atoms. The van der Waals surface area contributed by atoms with Gasteiger partial charge in [0.2, 0.25) is 0 Å². The van der Waals surface area contributed by atoms with Crippen molar-refractivity contribution in [3.05, 3.63) is 4.91 Å². The number of nitroso groups, excluding NO2 is 1. The van der Waals surface area contributed by atoms with Gasteiger partial charge in [-0.2, -0.15) is 5.01 Å². The Morgan fingerprint density at radius 2 is 2.08 bits per heavy atom. The normalized spacial score (nSPS) is 9.17. The van der Waals surface area contributed by atoms with Gasteiger partial charge in [0, 0.05) is 6.54 Å². The van der Waals surface area contributed by atoms with Crippen molar-refractivity contribution in [2.45, 2.75) is 0 Å². The molecule has 7 heteroatoms. The maximum absolute atomic E-state index is 10.8. The quantitative estimate of drug-likeness (QED) is 0.357. The molecule has 7 nitrogen and oxygen atoms in total. The van der Waals surface area contributed by atoms with Crippen molar-refractivity contribution in [1.29, 1.82) is 0 Å². The zero-order valence-corrected chi connectivity index (χ0v) is 6.43. The van der Waals surface area contributed by atoms with Gasteiger partial charge in [-0.05, 0) is 0 Å². The maximum Gasteiger partial charge on any atom is 0.340 e. The fourth-order valence-electron chi connectivity index (χ4n) is 0.528. The predicted octanol–water partition coefficient (Wildman–Crippen LogP) is -1.34. The van der Waals surface area contributed by atoms with Crippen LogP contribution in [0, 0.1) is 4.91 Å². The lowest BCUT2D eigenvalue weighted by Crippen LogP contribution is -2.39. The van der Waals surface area contributed by atoms with Gasteiger partial charge >= 0.3 is 6.03 Å². The van der Waals surface area contributed by atoms with Gasteiger partial charge in [-0.25, -0.2) is 4.79 Å². The molecule has 0 aromatic rings. The molecule has 12 heavy (non-hydrogen) atoms. The van der Waals surface area contributed by atoms with Crippen LogP contribution >= 0.6 is 0 Å². The molecule has 0 fully saturated rings. The zero-order chi connectivity index (χ0) is 9.40. The molecule has 0 heterocycles. The largest absolute Gasteiger partial charge is 0.395 e. The summed E-state index contributed by atoms with van der Waals surface area (Å²) in [5.41, 5.74) is 0. The average molecular weight is 177 g/mol. The first-order valence-corrected chi connectivity index (χ1v) is 3.36. The second kappa shape index (κ2) is 6.50. The highest BCUT2D eigenvalue weighted by Crippen LogP contribution is 1.88. The minimum absolute atomic E-state index is 0.0519. The summed E-state index contributed by atoms with van der Waals surface area (Å²) in [7, 11) is 0. The third-order valence-electron chi connectivity index (χ3n) is 1.03. The molecule has 0 saturated heterocycles. The molecule has 0 aliphatic carbocycles. The second-order valence-corrected chi connectivity index (χ2v) is 1.88. The Morgan fingerprint density at radius 3 is 2.50 bits per heavy atom. The number of carbonyl (C=O) groups is 1. The van der Waals surface area contributed by atoms with Crippen molar-refractivity contribution < 1.29 is 15.0 Å². The average Bonchev–Trinajstić information content (AvgIpc) is 2.10. The number of carbonyl (C=O) groups excluding carboxylic acids is 1. The Labute approximate surface area is 68.9 Å². The molecule has 3 N–H and O–H groups in total. The van der Waals surface area contributed by atoms with Crippen molar-refractivity contribution >= 4 is 6.03 Å². The smallest absolute Gasteiger partial charge is 0.340 e. The lowest BCUT2D eigenvalue weighted by molar-refractivity contribution is 0.176. The number of hydrogen-bond donors (Lipinski definition) is 3. The minimum Gasteiger partial charge on any atom is -0.395 e. The summed E-state index contributed by atoms with van der Waals surface area (Å²) < 4.78 is 0. The number of nitrogens with one attached hydrogen (secondary N) is 1. The SMILES string of the molecule is O=NN(CCO)C(=O)NCCO. The van der Waals surface area contributed by atoms with Crippen molar-refractivity contribution in [2.75, 3.05) is 26.3 Å². The minimum atomic E-state index is -0.729. The van der Waals surface area contributed by atoms with E-state index in [9.17, 15) is 9.70 Å². The van der Waals surface area contributed by atoms with Crippen LogP contribution in [0.4, 0.5) is 4.79 Å². The molecule has 0 saturated carbocycles. The lowest BCUT2D eigenvalue weighted by Gasteiger charge is -2.11. The Balaban J connectivity index is 3.77. The van der Waals surface area contributed by atoms with Crippen LogP contribution in [-0.2, 0) is 0 Å². The van der Waals surface area contributed by atoms with Crippen molar-refractivity contribution in [3.8, 4) is 0 Å². The van der Waals surface area contributed by atoms with E-state index in [1.165, 1.54) is 0 Å². The highest BCUT2D eigenvalue weighted by molar-refractivity contribution is 5.73. The van der Waals surface area contributed by atoms with E-state index in [0.29, 0.717) is 5.01 Å². The first-order valence-electron chi connectivity index (χ1n) is 3.36. The van der Waals surface area contributed by atoms with Crippen molar-refractivity contribution in [1.82, 2.24) is 10.3 Å². The van der Waals surface area contributed by atoms with Gasteiger partial charge in [0.05, 0.1) is 25.0 Å². The van der Waals surface area contributed by atoms with Crippen LogP contribution in [0.1, 0.15) is 0 Å².